The van der Waals surface area contributed by atoms with Crippen LogP contribution in [0.1, 0.15) is 32.4 Å². The first-order chi connectivity index (χ1) is 7.95. The summed E-state index contributed by atoms with van der Waals surface area (Å²) in [5.41, 5.74) is 3.20. The van der Waals surface area contributed by atoms with Gasteiger partial charge < -0.3 is 10.0 Å². The van der Waals surface area contributed by atoms with Crippen LogP contribution in [0.25, 0.3) is 0 Å². The standard InChI is InChI=1S/C14H20BrNO/c1-5-16(9-10(2)3)14-7-6-12(11(4)17)8-13(14)15/h6-8,11,17H,2,5,9H2,1,3-4H3/t11-/m1/s1. The Balaban J connectivity index is 3.00. The predicted molar refractivity (Wildman–Crippen MR) is 77.5 cm³/mol. The maximum Gasteiger partial charge on any atom is 0.0762 e. The Labute approximate surface area is 112 Å². The number of aliphatic hydroxyl groups is 1. The van der Waals surface area contributed by atoms with E-state index >= 15 is 0 Å². The average molecular weight is 298 g/mol. The molecule has 0 bridgehead atoms. The maximum absolute atomic E-state index is 9.53. The second-order valence-electron chi connectivity index (χ2n) is 4.36. The first kappa shape index (κ1) is 14.3. The lowest BCUT2D eigenvalue weighted by molar-refractivity contribution is 0.199. The molecule has 17 heavy (non-hydrogen) atoms. The fourth-order valence-electron chi connectivity index (χ4n) is 1.73. The molecule has 1 aromatic rings. The van der Waals surface area contributed by atoms with Crippen molar-refractivity contribution in [2.24, 2.45) is 0 Å². The van der Waals surface area contributed by atoms with E-state index in [0.717, 1.165) is 34.4 Å². The maximum atomic E-state index is 9.53. The predicted octanol–water partition coefficient (Wildman–Crippen LogP) is 3.90. The van der Waals surface area contributed by atoms with Crippen molar-refractivity contribution < 1.29 is 5.11 Å². The lowest BCUT2D eigenvalue weighted by Crippen LogP contribution is -2.24. The molecule has 0 saturated heterocycles. The first-order valence-electron chi connectivity index (χ1n) is 5.82. The summed E-state index contributed by atoms with van der Waals surface area (Å²) in [5.74, 6) is 0. The van der Waals surface area contributed by atoms with Gasteiger partial charge in [0.2, 0.25) is 0 Å². The molecule has 0 aromatic heterocycles. The van der Waals surface area contributed by atoms with E-state index in [0.29, 0.717) is 0 Å². The van der Waals surface area contributed by atoms with Gasteiger partial charge in [-0.15, -0.1) is 0 Å². The zero-order chi connectivity index (χ0) is 13.0. The third kappa shape index (κ3) is 3.86. The molecule has 0 aliphatic heterocycles. The van der Waals surface area contributed by atoms with Crippen LogP contribution in [0, 0.1) is 0 Å². The van der Waals surface area contributed by atoms with Gasteiger partial charge in [-0.25, -0.2) is 0 Å². The summed E-state index contributed by atoms with van der Waals surface area (Å²) in [4.78, 5) is 2.25. The Bertz CT molecular complexity index is 401. The molecule has 1 rings (SSSR count). The normalized spacial score (nSPS) is 12.3. The summed E-state index contributed by atoms with van der Waals surface area (Å²) in [6, 6.07) is 5.98. The molecule has 0 radical (unpaired) electrons. The fourth-order valence-corrected chi connectivity index (χ4v) is 2.38. The van der Waals surface area contributed by atoms with Crippen LogP contribution in [0.15, 0.2) is 34.8 Å². The molecule has 0 unspecified atom stereocenters. The van der Waals surface area contributed by atoms with E-state index in [-0.39, 0.29) is 0 Å². The minimum Gasteiger partial charge on any atom is -0.389 e. The number of anilines is 1. The van der Waals surface area contributed by atoms with Gasteiger partial charge in [0.25, 0.3) is 0 Å². The van der Waals surface area contributed by atoms with Crippen LogP contribution in [-0.2, 0) is 0 Å². The van der Waals surface area contributed by atoms with Gasteiger partial charge in [0.05, 0.1) is 11.8 Å². The van der Waals surface area contributed by atoms with E-state index in [4.69, 9.17) is 0 Å². The summed E-state index contributed by atoms with van der Waals surface area (Å²) in [6.07, 6.45) is -0.434. The van der Waals surface area contributed by atoms with Gasteiger partial charge in [0.15, 0.2) is 0 Å². The molecule has 0 aliphatic carbocycles. The number of hydrogen-bond donors (Lipinski definition) is 1. The lowest BCUT2D eigenvalue weighted by atomic mass is 10.1. The molecule has 3 heteroatoms. The fraction of sp³-hybridized carbons (Fsp3) is 0.429. The van der Waals surface area contributed by atoms with Gasteiger partial charge in [-0.05, 0) is 54.4 Å². The van der Waals surface area contributed by atoms with Gasteiger partial charge in [0.1, 0.15) is 0 Å². The van der Waals surface area contributed by atoms with Crippen molar-refractivity contribution in [3.05, 3.63) is 40.4 Å². The highest BCUT2D eigenvalue weighted by molar-refractivity contribution is 9.10. The number of rotatable bonds is 5. The number of hydrogen-bond acceptors (Lipinski definition) is 2. The first-order valence-corrected chi connectivity index (χ1v) is 6.61. The third-order valence-electron chi connectivity index (χ3n) is 2.64. The van der Waals surface area contributed by atoms with Crippen molar-refractivity contribution in [3.63, 3.8) is 0 Å². The van der Waals surface area contributed by atoms with E-state index in [9.17, 15) is 5.11 Å². The van der Waals surface area contributed by atoms with E-state index in [1.165, 1.54) is 0 Å². The SMILES string of the molecule is C=C(C)CN(CC)c1ccc([C@@H](C)O)cc1Br. The van der Waals surface area contributed by atoms with Gasteiger partial charge in [-0.2, -0.15) is 0 Å². The minimum absolute atomic E-state index is 0.434. The van der Waals surface area contributed by atoms with Crippen molar-refractivity contribution in [1.29, 1.82) is 0 Å². The van der Waals surface area contributed by atoms with Crippen LogP contribution < -0.4 is 4.90 Å². The summed E-state index contributed by atoms with van der Waals surface area (Å²) in [7, 11) is 0. The highest BCUT2D eigenvalue weighted by Crippen LogP contribution is 2.29. The van der Waals surface area contributed by atoms with E-state index < -0.39 is 6.10 Å². The molecule has 1 aromatic carbocycles. The van der Waals surface area contributed by atoms with Crippen LogP contribution in [0.5, 0.6) is 0 Å². The van der Waals surface area contributed by atoms with Crippen molar-refractivity contribution >= 4 is 21.6 Å². The van der Waals surface area contributed by atoms with Crippen molar-refractivity contribution in [2.45, 2.75) is 26.9 Å². The summed E-state index contributed by atoms with van der Waals surface area (Å²) >= 11 is 3.56. The van der Waals surface area contributed by atoms with Crippen LogP contribution in [0.4, 0.5) is 5.69 Å². The molecule has 2 nitrogen and oxygen atoms in total. The van der Waals surface area contributed by atoms with Crippen molar-refractivity contribution in [1.82, 2.24) is 0 Å². The number of aliphatic hydroxyl groups excluding tert-OH is 1. The molecule has 94 valence electrons. The summed E-state index contributed by atoms with van der Waals surface area (Å²) in [5, 5.41) is 9.53. The second-order valence-corrected chi connectivity index (χ2v) is 5.21. The van der Waals surface area contributed by atoms with Gasteiger partial charge in [-0.1, -0.05) is 18.2 Å². The van der Waals surface area contributed by atoms with E-state index in [1.807, 2.05) is 25.1 Å². The smallest absolute Gasteiger partial charge is 0.0762 e. The molecule has 0 saturated carbocycles. The van der Waals surface area contributed by atoms with E-state index in [1.54, 1.807) is 6.92 Å². The number of benzene rings is 1. The van der Waals surface area contributed by atoms with Crippen LogP contribution >= 0.6 is 15.9 Å². The highest BCUT2D eigenvalue weighted by atomic mass is 79.9. The molecule has 0 amide bonds. The second kappa shape index (κ2) is 6.22. The van der Waals surface area contributed by atoms with Gasteiger partial charge in [0, 0.05) is 17.6 Å². The molecule has 1 atom stereocenters. The van der Waals surface area contributed by atoms with Crippen LogP contribution in [-0.4, -0.2) is 18.2 Å². The molecular formula is C14H20BrNO. The lowest BCUT2D eigenvalue weighted by Gasteiger charge is -2.25. The molecular weight excluding hydrogens is 278 g/mol. The average Bonchev–Trinajstić information content (AvgIpc) is 2.25. The topological polar surface area (TPSA) is 23.5 Å². The molecule has 1 N–H and O–H groups in total. The molecule has 0 spiro atoms. The summed E-state index contributed by atoms with van der Waals surface area (Å²) < 4.78 is 1.01. The van der Waals surface area contributed by atoms with E-state index in [2.05, 4.69) is 34.3 Å². The van der Waals surface area contributed by atoms with Crippen molar-refractivity contribution in [2.75, 3.05) is 18.0 Å². The Kier molecular flexibility index (Phi) is 5.22. The number of halogens is 1. The zero-order valence-corrected chi connectivity index (χ0v) is 12.3. The quantitative estimate of drug-likeness (QED) is 0.833. The Hall–Kier alpha value is -0.800. The molecule has 0 heterocycles. The monoisotopic (exact) mass is 297 g/mol. The molecule has 0 aliphatic rings. The Morgan fingerprint density at radius 3 is 2.59 bits per heavy atom. The van der Waals surface area contributed by atoms with Gasteiger partial charge >= 0.3 is 0 Å². The van der Waals surface area contributed by atoms with Crippen molar-refractivity contribution in [3.8, 4) is 0 Å². The van der Waals surface area contributed by atoms with Gasteiger partial charge in [-0.3, -0.25) is 0 Å². The zero-order valence-electron chi connectivity index (χ0n) is 10.7. The highest BCUT2D eigenvalue weighted by Gasteiger charge is 2.10. The molecule has 0 fully saturated rings. The summed E-state index contributed by atoms with van der Waals surface area (Å²) in [6.45, 7) is 11.6. The van der Waals surface area contributed by atoms with Crippen LogP contribution in [0.3, 0.4) is 0 Å². The Morgan fingerprint density at radius 1 is 1.53 bits per heavy atom. The largest absolute Gasteiger partial charge is 0.389 e. The van der Waals surface area contributed by atoms with Crippen LogP contribution in [0.2, 0.25) is 0 Å². The Morgan fingerprint density at radius 2 is 2.18 bits per heavy atom. The number of nitrogens with zero attached hydrogens (tertiary/aromatic N) is 1. The minimum atomic E-state index is -0.434. The third-order valence-corrected chi connectivity index (χ3v) is 3.27. The number of likely N-dealkylation sites (N-methyl/N-ethyl adjacent to an activating group) is 1.